The van der Waals surface area contributed by atoms with E-state index in [4.69, 9.17) is 5.11 Å². The average Bonchev–Trinajstić information content (AvgIpc) is 3.46. The first-order chi connectivity index (χ1) is 16.8. The van der Waals surface area contributed by atoms with Gasteiger partial charge >= 0.3 is 5.97 Å². The number of aromatic carboxylic acids is 1. The molecule has 15 heteroatoms. The summed E-state index contributed by atoms with van der Waals surface area (Å²) in [4.78, 5) is 23.1. The molecule has 0 saturated carbocycles. The van der Waals surface area contributed by atoms with Gasteiger partial charge in [-0.1, -0.05) is 5.10 Å². The summed E-state index contributed by atoms with van der Waals surface area (Å²) in [7, 11) is 0. The van der Waals surface area contributed by atoms with Crippen molar-refractivity contribution in [3.8, 4) is 0 Å². The molecule has 3 aromatic heterocycles. The van der Waals surface area contributed by atoms with Crippen molar-refractivity contribution in [3.05, 3.63) is 47.9 Å². The van der Waals surface area contributed by atoms with Crippen LogP contribution in [0.4, 0.5) is 26.2 Å². The van der Waals surface area contributed by atoms with Crippen LogP contribution in [0.25, 0.3) is 11.0 Å². The lowest BCUT2D eigenvalue weighted by molar-refractivity contribution is 0.0696. The molecule has 0 aliphatic carbocycles. The predicted octanol–water partition coefficient (Wildman–Crippen LogP) is 4.40. The van der Waals surface area contributed by atoms with E-state index in [1.807, 2.05) is 13.8 Å². The molecule has 4 aromatic rings. The molecule has 0 spiro atoms. The van der Waals surface area contributed by atoms with Gasteiger partial charge in [0.25, 0.3) is 5.95 Å². The number of hydrogen-bond donors (Lipinski definition) is 2. The number of nitrogens with one attached hydrogen (secondary N) is 1. The lowest BCUT2D eigenvalue weighted by atomic mass is 10.1. The normalized spacial score (nSPS) is 13.9. The third-order valence-electron chi connectivity index (χ3n) is 6.05. The molecule has 0 radical (unpaired) electrons. The zero-order valence-electron chi connectivity index (χ0n) is 19.9. The van der Waals surface area contributed by atoms with E-state index in [0.717, 1.165) is 18.9 Å². The molecule has 0 amide bonds. The fourth-order valence-corrected chi connectivity index (χ4v) is 4.20. The molecule has 1 aliphatic rings. The number of carboxylic acids is 1. The van der Waals surface area contributed by atoms with Crippen LogP contribution in [0, 0.1) is 11.6 Å². The summed E-state index contributed by atoms with van der Waals surface area (Å²) in [5.74, 6) is -1.89. The monoisotopic (exact) mass is 555 g/mol. The Bertz CT molecular complexity index is 1400. The van der Waals surface area contributed by atoms with Crippen molar-refractivity contribution < 1.29 is 18.7 Å². The minimum atomic E-state index is -1.24. The average molecular weight is 556 g/mol. The van der Waals surface area contributed by atoms with Gasteiger partial charge < -0.3 is 19.9 Å². The Morgan fingerprint density at radius 1 is 1.14 bits per heavy atom. The number of tetrazole rings is 1. The van der Waals surface area contributed by atoms with Crippen LogP contribution in [-0.4, -0.2) is 58.9 Å². The molecular weight excluding hydrogens is 531 g/mol. The highest BCUT2D eigenvalue weighted by Crippen LogP contribution is 2.33. The minimum Gasteiger partial charge on any atom is -0.478 e. The Kier molecular flexibility index (Phi) is 8.49. The molecule has 37 heavy (non-hydrogen) atoms. The predicted molar refractivity (Wildman–Crippen MR) is 137 cm³/mol. The van der Waals surface area contributed by atoms with Gasteiger partial charge in [0.15, 0.2) is 5.82 Å². The molecule has 4 heterocycles. The van der Waals surface area contributed by atoms with Crippen LogP contribution in [0.3, 0.4) is 0 Å². The fraction of sp³-hybridized carbons (Fsp3) is 0.364. The maximum atomic E-state index is 15.1. The molecule has 198 valence electrons. The second kappa shape index (κ2) is 11.2. The van der Waals surface area contributed by atoms with E-state index in [1.165, 1.54) is 24.7 Å². The van der Waals surface area contributed by atoms with Crippen LogP contribution in [0.15, 0.2) is 30.7 Å². The van der Waals surface area contributed by atoms with Crippen molar-refractivity contribution in [2.45, 2.75) is 38.8 Å². The number of benzene rings is 1. The number of nitrogens with zero attached hydrogens (tertiary/aromatic N) is 8. The van der Waals surface area contributed by atoms with E-state index in [-0.39, 0.29) is 59.4 Å². The van der Waals surface area contributed by atoms with Crippen LogP contribution in [0.2, 0.25) is 0 Å². The summed E-state index contributed by atoms with van der Waals surface area (Å²) in [5.41, 5.74) is 0.189. The second-order valence-electron chi connectivity index (χ2n) is 8.65. The van der Waals surface area contributed by atoms with Gasteiger partial charge in [0.2, 0.25) is 0 Å². The Balaban J connectivity index is 0.00000190. The van der Waals surface area contributed by atoms with Crippen molar-refractivity contribution in [3.63, 3.8) is 0 Å². The zero-order chi connectivity index (χ0) is 24.7. The first-order valence-corrected chi connectivity index (χ1v) is 11.2. The van der Waals surface area contributed by atoms with Crippen LogP contribution in [0.5, 0.6) is 0 Å². The summed E-state index contributed by atoms with van der Waals surface area (Å²) < 4.78 is 31.3. The Labute approximate surface area is 222 Å². The number of piperidine rings is 1. The van der Waals surface area contributed by atoms with Crippen LogP contribution in [-0.2, 0) is 0 Å². The summed E-state index contributed by atoms with van der Waals surface area (Å²) in [5, 5.41) is 24.6. The van der Waals surface area contributed by atoms with Crippen LogP contribution < -0.4 is 10.2 Å². The molecule has 1 saturated heterocycles. The van der Waals surface area contributed by atoms with E-state index in [2.05, 4.69) is 35.6 Å². The molecule has 11 nitrogen and oxygen atoms in total. The van der Waals surface area contributed by atoms with E-state index in [0.29, 0.717) is 24.7 Å². The van der Waals surface area contributed by atoms with Gasteiger partial charge in [-0.05, 0) is 50.1 Å². The number of halogens is 4. The zero-order valence-corrected chi connectivity index (χ0v) is 21.5. The quantitative estimate of drug-likeness (QED) is 0.355. The maximum absolute atomic E-state index is 15.1. The van der Waals surface area contributed by atoms with Crippen LogP contribution in [0.1, 0.15) is 49.1 Å². The largest absolute Gasteiger partial charge is 0.478 e. The number of carboxylic acid groups (broad SMARTS) is 1. The highest BCUT2D eigenvalue weighted by atomic mass is 35.5. The van der Waals surface area contributed by atoms with Gasteiger partial charge in [0.1, 0.15) is 23.6 Å². The molecule has 0 atom stereocenters. The topological polar surface area (TPSA) is 127 Å². The van der Waals surface area contributed by atoms with E-state index >= 15 is 4.39 Å². The molecule has 2 N–H and O–H groups in total. The fourth-order valence-electron chi connectivity index (χ4n) is 4.20. The highest BCUT2D eigenvalue weighted by Gasteiger charge is 2.27. The van der Waals surface area contributed by atoms with Gasteiger partial charge in [-0.25, -0.2) is 23.5 Å². The summed E-state index contributed by atoms with van der Waals surface area (Å²) in [6.07, 6.45) is 4.12. The Morgan fingerprint density at radius 2 is 1.86 bits per heavy atom. The van der Waals surface area contributed by atoms with Gasteiger partial charge in [-0.2, -0.15) is 4.80 Å². The minimum absolute atomic E-state index is 0. The number of hydrogen-bond acceptors (Lipinski definition) is 8. The first kappa shape index (κ1) is 28.0. The molecule has 1 aliphatic heterocycles. The van der Waals surface area contributed by atoms with Gasteiger partial charge in [0.05, 0.1) is 22.7 Å². The second-order valence-corrected chi connectivity index (χ2v) is 8.65. The van der Waals surface area contributed by atoms with Crippen molar-refractivity contribution in [1.82, 2.24) is 34.7 Å². The van der Waals surface area contributed by atoms with E-state index in [9.17, 15) is 9.18 Å². The summed E-state index contributed by atoms with van der Waals surface area (Å²) >= 11 is 0. The van der Waals surface area contributed by atoms with Crippen LogP contribution >= 0.6 is 24.8 Å². The van der Waals surface area contributed by atoms with Gasteiger partial charge in [0, 0.05) is 25.3 Å². The number of carbonyl (C=O) groups is 1. The summed E-state index contributed by atoms with van der Waals surface area (Å²) in [6, 6.07) is 3.55. The molecule has 0 bridgehead atoms. The Morgan fingerprint density at radius 3 is 2.49 bits per heavy atom. The van der Waals surface area contributed by atoms with Crippen molar-refractivity contribution in [1.29, 1.82) is 0 Å². The molecule has 5 rings (SSSR count). The van der Waals surface area contributed by atoms with E-state index in [1.54, 1.807) is 9.36 Å². The smallest absolute Gasteiger partial charge is 0.335 e. The van der Waals surface area contributed by atoms with Crippen molar-refractivity contribution in [2.75, 3.05) is 23.3 Å². The van der Waals surface area contributed by atoms with Crippen molar-refractivity contribution >= 4 is 59.3 Å². The lowest BCUT2D eigenvalue weighted by Gasteiger charge is -2.31. The van der Waals surface area contributed by atoms with Gasteiger partial charge in [-0.3, -0.25) is 0 Å². The molecule has 0 unspecified atom stereocenters. The van der Waals surface area contributed by atoms with E-state index < -0.39 is 17.6 Å². The third-order valence-corrected chi connectivity index (χ3v) is 6.05. The van der Waals surface area contributed by atoms with Gasteiger partial charge in [-0.15, -0.1) is 29.9 Å². The number of fused-ring (bicyclic) bond motifs is 1. The Hall–Kier alpha value is -3.58. The molecule has 1 aromatic carbocycles. The molecule has 1 fully saturated rings. The number of aromatic nitrogens is 7. The standard InChI is InChI=1S/C22H23F2N9O2.2ClH/c1-12(2)33-29-22(28-30-33)31-7-5-14(6-8-31)32-10-16(24)18-19(25-11-26-20(18)32)27-17-4-3-13(21(34)35)9-15(17)23;;/h3-4,9-12,14H,5-8H2,1-2H3,(H,34,35)(H,25,26,27);2*1H. The first-order valence-electron chi connectivity index (χ1n) is 11.2. The SMILES string of the molecule is CC(C)n1nnc(N2CCC(n3cc(F)c4c(Nc5ccc(C(=O)O)cc5F)ncnc43)CC2)n1.Cl.Cl. The molecular formula is C22H25Cl2F2N9O2. The summed E-state index contributed by atoms with van der Waals surface area (Å²) in [6.45, 7) is 5.31. The number of rotatable bonds is 6. The third kappa shape index (κ3) is 5.42. The van der Waals surface area contributed by atoms with Crippen molar-refractivity contribution in [2.24, 2.45) is 0 Å². The lowest BCUT2D eigenvalue weighted by Crippen LogP contribution is -2.35. The number of anilines is 3. The highest BCUT2D eigenvalue weighted by molar-refractivity contribution is 5.91. The maximum Gasteiger partial charge on any atom is 0.335 e.